The molecule has 0 spiro atoms. The summed E-state index contributed by atoms with van der Waals surface area (Å²) in [6.45, 7) is 4.92. The van der Waals surface area contributed by atoms with E-state index in [1.165, 1.54) is 0 Å². The maximum absolute atomic E-state index is 10.7. The Balaban J connectivity index is 2.44. The Labute approximate surface area is 56.5 Å². The summed E-state index contributed by atoms with van der Waals surface area (Å²) < 4.78 is 15.7. The summed E-state index contributed by atoms with van der Waals surface area (Å²) >= 11 is 0. The van der Waals surface area contributed by atoms with E-state index in [9.17, 15) is 4.57 Å². The van der Waals surface area contributed by atoms with Gasteiger partial charge in [0.15, 0.2) is 6.16 Å². The first-order chi connectivity index (χ1) is 4.10. The molecule has 1 aliphatic heterocycles. The maximum atomic E-state index is 10.7. The molecule has 1 saturated heterocycles. The third kappa shape index (κ3) is 2.04. The zero-order valence-corrected chi connectivity index (χ0v) is 6.78. The molecule has 0 N–H and O–H groups in total. The van der Waals surface area contributed by atoms with Crippen LogP contribution < -0.4 is 0 Å². The molecule has 1 aliphatic rings. The Bertz CT molecular complexity index is 119. The van der Waals surface area contributed by atoms with E-state index in [2.05, 4.69) is 13.8 Å². The number of hydrogen-bond acceptors (Lipinski definition) is 2. The van der Waals surface area contributed by atoms with Crippen LogP contribution in [0, 0.1) is 5.41 Å². The van der Waals surface area contributed by atoms with Crippen molar-refractivity contribution in [3.8, 4) is 0 Å². The van der Waals surface area contributed by atoms with E-state index in [-0.39, 0.29) is 5.41 Å². The first-order valence-electron chi connectivity index (χ1n) is 3.18. The van der Waals surface area contributed by atoms with Gasteiger partial charge in [-0.1, -0.05) is 13.8 Å². The normalized spacial score (nSPS) is 30.2. The van der Waals surface area contributed by atoms with Gasteiger partial charge in [-0.3, -0.25) is 0 Å². The number of hydrogen-bond donors (Lipinski definition) is 0. The molecule has 0 aromatic rings. The van der Waals surface area contributed by atoms with E-state index < -0.39 is 8.03 Å². The van der Waals surface area contributed by atoms with E-state index in [0.29, 0.717) is 6.61 Å². The van der Waals surface area contributed by atoms with E-state index >= 15 is 0 Å². The van der Waals surface area contributed by atoms with Crippen LogP contribution in [0.15, 0.2) is 0 Å². The van der Waals surface area contributed by atoms with Gasteiger partial charge in [0, 0.05) is 6.42 Å². The van der Waals surface area contributed by atoms with Crippen molar-refractivity contribution in [2.24, 2.45) is 5.41 Å². The Morgan fingerprint density at radius 1 is 1.56 bits per heavy atom. The molecule has 1 atom stereocenters. The lowest BCUT2D eigenvalue weighted by Crippen LogP contribution is -2.22. The predicted octanol–water partition coefficient (Wildman–Crippen LogP) is 2.18. The molecule has 9 heavy (non-hydrogen) atoms. The van der Waals surface area contributed by atoms with Crippen LogP contribution in [0.5, 0.6) is 0 Å². The Hall–Kier alpha value is 0.0600. The topological polar surface area (TPSA) is 26.3 Å². The van der Waals surface area contributed by atoms with E-state index in [1.54, 1.807) is 0 Å². The highest BCUT2D eigenvalue weighted by atomic mass is 31.1. The van der Waals surface area contributed by atoms with Gasteiger partial charge in [-0.25, -0.2) is 0 Å². The smallest absolute Gasteiger partial charge is 0.146 e. The third-order valence-electron chi connectivity index (χ3n) is 1.57. The summed E-state index contributed by atoms with van der Waals surface area (Å²) in [7, 11) is -1.30. The van der Waals surface area contributed by atoms with Gasteiger partial charge < -0.3 is 0 Å². The molecule has 0 saturated carbocycles. The van der Waals surface area contributed by atoms with Crippen molar-refractivity contribution in [2.45, 2.75) is 20.3 Å². The molecule has 1 rings (SSSR count). The molecule has 0 radical (unpaired) electrons. The van der Waals surface area contributed by atoms with E-state index in [4.69, 9.17) is 4.52 Å². The Morgan fingerprint density at radius 3 is 2.56 bits per heavy atom. The quantitative estimate of drug-likeness (QED) is 0.491. The summed E-state index contributed by atoms with van der Waals surface area (Å²) in [5, 5.41) is 0. The number of rotatable bonds is 0. The largest absolute Gasteiger partial charge is 0.508 e. The second-order valence-electron chi connectivity index (χ2n) is 3.24. The lowest BCUT2D eigenvalue weighted by Gasteiger charge is -2.21. The summed E-state index contributed by atoms with van der Waals surface area (Å²) in [5.41, 5.74) is 0.253. The van der Waals surface area contributed by atoms with Crippen LogP contribution >= 0.6 is 8.03 Å². The molecule has 0 amide bonds. The summed E-state index contributed by atoms with van der Waals surface area (Å²) in [6.07, 6.45) is 1.77. The van der Waals surface area contributed by atoms with Gasteiger partial charge in [0.1, 0.15) is 6.61 Å². The minimum Gasteiger partial charge on any atom is -0.146 e. The first kappa shape index (κ1) is 7.17. The van der Waals surface area contributed by atoms with Crippen LogP contribution in [-0.4, -0.2) is 12.8 Å². The third-order valence-corrected chi connectivity index (χ3v) is 2.58. The van der Waals surface area contributed by atoms with Gasteiger partial charge in [-0.05, 0) is 9.98 Å². The molecular formula is C6H12O2P+. The SMILES string of the molecule is CC1(C)CC[P+](=O)OC1. The van der Waals surface area contributed by atoms with Crippen molar-refractivity contribution in [3.63, 3.8) is 0 Å². The first-order valence-corrected chi connectivity index (χ1v) is 4.54. The van der Waals surface area contributed by atoms with Crippen LogP contribution in [-0.2, 0) is 9.09 Å². The molecule has 0 aliphatic carbocycles. The molecule has 0 bridgehead atoms. The molecule has 1 unspecified atom stereocenters. The minimum atomic E-state index is -1.30. The van der Waals surface area contributed by atoms with Crippen LogP contribution in [0.4, 0.5) is 0 Å². The van der Waals surface area contributed by atoms with Crippen molar-refractivity contribution in [2.75, 3.05) is 12.8 Å². The van der Waals surface area contributed by atoms with Gasteiger partial charge in [-0.2, -0.15) is 0 Å². The zero-order chi connectivity index (χ0) is 6.91. The maximum Gasteiger partial charge on any atom is 0.508 e. The van der Waals surface area contributed by atoms with Crippen LogP contribution in [0.2, 0.25) is 0 Å². The molecular weight excluding hydrogens is 135 g/mol. The Kier molecular flexibility index (Phi) is 1.88. The average Bonchev–Trinajstić information content (AvgIpc) is 1.78. The second-order valence-corrected chi connectivity index (χ2v) is 4.61. The van der Waals surface area contributed by atoms with Gasteiger partial charge in [0.05, 0.1) is 0 Å². The van der Waals surface area contributed by atoms with Crippen molar-refractivity contribution in [1.29, 1.82) is 0 Å². The van der Waals surface area contributed by atoms with Gasteiger partial charge in [0.25, 0.3) is 0 Å². The Morgan fingerprint density at radius 2 is 2.22 bits per heavy atom. The van der Waals surface area contributed by atoms with E-state index in [1.807, 2.05) is 0 Å². The zero-order valence-electron chi connectivity index (χ0n) is 5.89. The van der Waals surface area contributed by atoms with Crippen LogP contribution in [0.1, 0.15) is 20.3 Å². The summed E-state index contributed by atoms with van der Waals surface area (Å²) in [4.78, 5) is 0. The highest BCUT2D eigenvalue weighted by Crippen LogP contribution is 2.37. The molecule has 0 aromatic heterocycles. The van der Waals surface area contributed by atoms with Crippen molar-refractivity contribution >= 4 is 8.03 Å². The molecule has 3 heteroatoms. The molecule has 52 valence electrons. The molecule has 0 aromatic carbocycles. The highest BCUT2D eigenvalue weighted by Gasteiger charge is 2.34. The molecule has 2 nitrogen and oxygen atoms in total. The second kappa shape index (κ2) is 2.36. The van der Waals surface area contributed by atoms with E-state index in [0.717, 1.165) is 12.6 Å². The van der Waals surface area contributed by atoms with Gasteiger partial charge >= 0.3 is 8.03 Å². The van der Waals surface area contributed by atoms with Crippen molar-refractivity contribution < 1.29 is 9.09 Å². The van der Waals surface area contributed by atoms with Crippen LogP contribution in [0.3, 0.4) is 0 Å². The predicted molar refractivity (Wildman–Crippen MR) is 36.8 cm³/mol. The highest BCUT2D eigenvalue weighted by molar-refractivity contribution is 7.39. The summed E-state index contributed by atoms with van der Waals surface area (Å²) in [6, 6.07) is 0. The van der Waals surface area contributed by atoms with Crippen molar-refractivity contribution in [1.82, 2.24) is 0 Å². The summed E-state index contributed by atoms with van der Waals surface area (Å²) in [5.74, 6) is 0. The van der Waals surface area contributed by atoms with Gasteiger partial charge in [-0.15, -0.1) is 4.52 Å². The fraction of sp³-hybridized carbons (Fsp3) is 1.00. The standard InChI is InChI=1S/C6H12O2P/c1-6(2)3-4-9(7)8-5-6/h3-5H2,1-2H3/q+1. The average molecular weight is 147 g/mol. The van der Waals surface area contributed by atoms with Crippen LogP contribution in [0.25, 0.3) is 0 Å². The minimum absolute atomic E-state index is 0.253. The van der Waals surface area contributed by atoms with Gasteiger partial charge in [0.2, 0.25) is 0 Å². The fourth-order valence-electron chi connectivity index (χ4n) is 0.777. The molecule has 1 fully saturated rings. The fourth-order valence-corrected chi connectivity index (χ4v) is 2.19. The monoisotopic (exact) mass is 147 g/mol. The lowest BCUT2D eigenvalue weighted by molar-refractivity contribution is 0.163. The lowest BCUT2D eigenvalue weighted by atomic mass is 9.92. The molecule has 1 heterocycles. The van der Waals surface area contributed by atoms with Crippen molar-refractivity contribution in [3.05, 3.63) is 0 Å².